The SMILES string of the molecule is CNC1CCCCc2nc(-c3ccc(F)cc3C)ncc21. The lowest BCUT2D eigenvalue weighted by Gasteiger charge is -2.16. The van der Waals surface area contributed by atoms with Gasteiger partial charge in [0.2, 0.25) is 0 Å². The Morgan fingerprint density at radius 1 is 1.29 bits per heavy atom. The molecular weight excluding hydrogens is 265 g/mol. The third-order valence-corrected chi connectivity index (χ3v) is 4.21. The van der Waals surface area contributed by atoms with Crippen LogP contribution in [0.15, 0.2) is 24.4 Å². The number of halogens is 1. The van der Waals surface area contributed by atoms with Gasteiger partial charge < -0.3 is 5.32 Å². The molecule has 1 aromatic carbocycles. The Labute approximate surface area is 124 Å². The maximum Gasteiger partial charge on any atom is 0.159 e. The summed E-state index contributed by atoms with van der Waals surface area (Å²) in [5.74, 6) is 0.476. The lowest BCUT2D eigenvalue weighted by atomic mass is 10.0. The standard InChI is InChI=1S/C17H20FN3/c1-11-9-12(18)7-8-13(11)17-20-10-14-15(19-2)5-3-4-6-16(14)21-17/h7-10,15,19H,3-6H2,1-2H3. The first-order valence-electron chi connectivity index (χ1n) is 7.48. The van der Waals surface area contributed by atoms with E-state index in [9.17, 15) is 4.39 Å². The van der Waals surface area contributed by atoms with Crippen LogP contribution in [0, 0.1) is 12.7 Å². The summed E-state index contributed by atoms with van der Waals surface area (Å²) in [6.07, 6.45) is 6.41. The number of hydrogen-bond donors (Lipinski definition) is 1. The largest absolute Gasteiger partial charge is 0.313 e. The zero-order valence-corrected chi connectivity index (χ0v) is 12.5. The second-order valence-corrected chi connectivity index (χ2v) is 5.64. The normalized spacial score (nSPS) is 18.1. The van der Waals surface area contributed by atoms with Gasteiger partial charge in [0, 0.05) is 29.1 Å². The first-order valence-corrected chi connectivity index (χ1v) is 7.48. The van der Waals surface area contributed by atoms with Crippen LogP contribution in [0.2, 0.25) is 0 Å². The number of rotatable bonds is 2. The molecule has 0 amide bonds. The summed E-state index contributed by atoms with van der Waals surface area (Å²) in [5, 5.41) is 3.35. The number of nitrogens with one attached hydrogen (secondary N) is 1. The van der Waals surface area contributed by atoms with Crippen molar-refractivity contribution in [3.05, 3.63) is 47.0 Å². The van der Waals surface area contributed by atoms with Gasteiger partial charge in [-0.2, -0.15) is 0 Å². The van der Waals surface area contributed by atoms with Crippen molar-refractivity contribution in [2.24, 2.45) is 0 Å². The Kier molecular flexibility index (Phi) is 3.97. The number of fused-ring (bicyclic) bond motifs is 1. The lowest BCUT2D eigenvalue weighted by molar-refractivity contribution is 0.532. The molecule has 3 rings (SSSR count). The second kappa shape index (κ2) is 5.90. The summed E-state index contributed by atoms with van der Waals surface area (Å²) in [6, 6.07) is 5.10. The Balaban J connectivity index is 2.04. The molecule has 1 atom stereocenters. The van der Waals surface area contributed by atoms with Gasteiger partial charge in [0.15, 0.2) is 5.82 Å². The van der Waals surface area contributed by atoms with Crippen molar-refractivity contribution in [2.45, 2.75) is 38.6 Å². The molecule has 4 heteroatoms. The van der Waals surface area contributed by atoms with Crippen LogP contribution in [0.25, 0.3) is 11.4 Å². The molecule has 110 valence electrons. The van der Waals surface area contributed by atoms with E-state index in [1.54, 1.807) is 6.07 Å². The van der Waals surface area contributed by atoms with Crippen molar-refractivity contribution >= 4 is 0 Å². The van der Waals surface area contributed by atoms with Gasteiger partial charge in [0.05, 0.1) is 0 Å². The topological polar surface area (TPSA) is 37.8 Å². The molecule has 0 fully saturated rings. The molecule has 0 spiro atoms. The van der Waals surface area contributed by atoms with Crippen molar-refractivity contribution in [3.63, 3.8) is 0 Å². The molecule has 21 heavy (non-hydrogen) atoms. The van der Waals surface area contributed by atoms with Crippen LogP contribution in [-0.2, 0) is 6.42 Å². The van der Waals surface area contributed by atoms with E-state index in [2.05, 4.69) is 10.3 Å². The molecule has 0 bridgehead atoms. The molecule has 1 unspecified atom stereocenters. The summed E-state index contributed by atoms with van der Waals surface area (Å²) in [5.41, 5.74) is 4.11. The van der Waals surface area contributed by atoms with Gasteiger partial charge >= 0.3 is 0 Å². The maximum atomic E-state index is 13.2. The minimum atomic E-state index is -0.221. The van der Waals surface area contributed by atoms with Crippen LogP contribution in [0.5, 0.6) is 0 Å². The van der Waals surface area contributed by atoms with Crippen LogP contribution in [0.1, 0.15) is 42.1 Å². The van der Waals surface area contributed by atoms with Gasteiger partial charge in [0.25, 0.3) is 0 Å². The van der Waals surface area contributed by atoms with E-state index in [0.29, 0.717) is 11.9 Å². The van der Waals surface area contributed by atoms with Crippen molar-refractivity contribution in [1.29, 1.82) is 0 Å². The first kappa shape index (κ1) is 14.1. The molecule has 1 aliphatic rings. The van der Waals surface area contributed by atoms with E-state index >= 15 is 0 Å². The van der Waals surface area contributed by atoms with Crippen molar-refractivity contribution < 1.29 is 4.39 Å². The first-order chi connectivity index (χ1) is 10.2. The van der Waals surface area contributed by atoms with E-state index in [0.717, 1.165) is 36.1 Å². The Morgan fingerprint density at radius 3 is 2.90 bits per heavy atom. The number of hydrogen-bond acceptors (Lipinski definition) is 3. The highest BCUT2D eigenvalue weighted by Gasteiger charge is 2.20. The molecule has 0 saturated carbocycles. The predicted octanol–water partition coefficient (Wildman–Crippen LogP) is 3.58. The zero-order chi connectivity index (χ0) is 14.8. The summed E-state index contributed by atoms with van der Waals surface area (Å²) < 4.78 is 13.2. The molecule has 1 aliphatic carbocycles. The third kappa shape index (κ3) is 2.81. The highest BCUT2D eigenvalue weighted by Crippen LogP contribution is 2.29. The lowest BCUT2D eigenvalue weighted by Crippen LogP contribution is -2.17. The number of aromatic nitrogens is 2. The molecule has 3 nitrogen and oxygen atoms in total. The average Bonchev–Trinajstić information content (AvgIpc) is 2.68. The second-order valence-electron chi connectivity index (χ2n) is 5.64. The fraction of sp³-hybridized carbons (Fsp3) is 0.412. The summed E-state index contributed by atoms with van der Waals surface area (Å²) >= 11 is 0. The molecule has 0 saturated heterocycles. The van der Waals surface area contributed by atoms with Crippen LogP contribution in [-0.4, -0.2) is 17.0 Å². The van der Waals surface area contributed by atoms with Crippen LogP contribution in [0.3, 0.4) is 0 Å². The van der Waals surface area contributed by atoms with E-state index in [1.165, 1.54) is 24.1 Å². The summed E-state index contributed by atoms with van der Waals surface area (Å²) in [7, 11) is 1.98. The minimum absolute atomic E-state index is 0.221. The average molecular weight is 285 g/mol. The Morgan fingerprint density at radius 2 is 2.14 bits per heavy atom. The predicted molar refractivity (Wildman–Crippen MR) is 81.5 cm³/mol. The van der Waals surface area contributed by atoms with Gasteiger partial charge in [0.1, 0.15) is 5.82 Å². The molecule has 1 heterocycles. The fourth-order valence-electron chi connectivity index (χ4n) is 3.02. The van der Waals surface area contributed by atoms with Crippen molar-refractivity contribution in [1.82, 2.24) is 15.3 Å². The summed E-state index contributed by atoms with van der Waals surface area (Å²) in [6.45, 7) is 1.89. The van der Waals surface area contributed by atoms with Gasteiger partial charge in [-0.25, -0.2) is 14.4 Å². The summed E-state index contributed by atoms with van der Waals surface area (Å²) in [4.78, 5) is 9.28. The Bertz CT molecular complexity index is 654. The molecule has 0 radical (unpaired) electrons. The molecule has 0 aliphatic heterocycles. The highest BCUT2D eigenvalue weighted by molar-refractivity contribution is 5.60. The van der Waals surface area contributed by atoms with Gasteiger partial charge in [-0.05, 0) is 57.0 Å². The quantitative estimate of drug-likeness (QED) is 0.857. The highest BCUT2D eigenvalue weighted by atomic mass is 19.1. The molecule has 1 N–H and O–H groups in total. The van der Waals surface area contributed by atoms with Crippen molar-refractivity contribution in [2.75, 3.05) is 7.05 Å². The number of benzene rings is 1. The van der Waals surface area contributed by atoms with Crippen molar-refractivity contribution in [3.8, 4) is 11.4 Å². The maximum absolute atomic E-state index is 13.2. The van der Waals surface area contributed by atoms with E-state index < -0.39 is 0 Å². The van der Waals surface area contributed by atoms with E-state index in [-0.39, 0.29) is 5.82 Å². The smallest absolute Gasteiger partial charge is 0.159 e. The van der Waals surface area contributed by atoms with E-state index in [4.69, 9.17) is 4.98 Å². The van der Waals surface area contributed by atoms with Gasteiger partial charge in [-0.3, -0.25) is 0 Å². The fourth-order valence-corrected chi connectivity index (χ4v) is 3.02. The van der Waals surface area contributed by atoms with Gasteiger partial charge in [-0.15, -0.1) is 0 Å². The monoisotopic (exact) mass is 285 g/mol. The number of aryl methyl sites for hydroxylation is 2. The molecule has 2 aromatic rings. The third-order valence-electron chi connectivity index (χ3n) is 4.21. The minimum Gasteiger partial charge on any atom is -0.313 e. The Hall–Kier alpha value is -1.81. The molecule has 1 aromatic heterocycles. The van der Waals surface area contributed by atoms with Crippen LogP contribution in [0.4, 0.5) is 4.39 Å². The van der Waals surface area contributed by atoms with Crippen LogP contribution >= 0.6 is 0 Å². The van der Waals surface area contributed by atoms with Gasteiger partial charge in [-0.1, -0.05) is 6.42 Å². The van der Waals surface area contributed by atoms with Crippen LogP contribution < -0.4 is 5.32 Å². The molecular formula is C17H20FN3. The number of nitrogens with zero attached hydrogens (tertiary/aromatic N) is 2. The zero-order valence-electron chi connectivity index (χ0n) is 12.5. The van der Waals surface area contributed by atoms with E-state index in [1.807, 2.05) is 20.2 Å².